The second kappa shape index (κ2) is 25.3. The van der Waals surface area contributed by atoms with E-state index in [1.165, 1.54) is 6.92 Å². The first kappa shape index (κ1) is 51.4. The lowest BCUT2D eigenvalue weighted by molar-refractivity contribution is -0.156. The molecule has 0 radical (unpaired) electrons. The average Bonchev–Trinajstić information content (AvgIpc) is 3.76. The highest BCUT2D eigenvalue weighted by Gasteiger charge is 2.24. The molecule has 340 valence electrons. The summed E-state index contributed by atoms with van der Waals surface area (Å²) >= 11 is 15.2. The topological polar surface area (TPSA) is 237 Å². The number of aliphatic hydroxyl groups excluding tert-OH is 2. The molecule has 0 fully saturated rings. The van der Waals surface area contributed by atoms with Crippen molar-refractivity contribution in [3.63, 3.8) is 0 Å². The van der Waals surface area contributed by atoms with E-state index in [0.29, 0.717) is 46.1 Å². The van der Waals surface area contributed by atoms with E-state index >= 15 is 0 Å². The van der Waals surface area contributed by atoms with Gasteiger partial charge in [-0.1, -0.05) is 119 Å². The van der Waals surface area contributed by atoms with Crippen LogP contribution in [0.5, 0.6) is 0 Å². The Balaban J connectivity index is 0.000000237. The van der Waals surface area contributed by atoms with E-state index in [1.54, 1.807) is 13.7 Å². The molecule has 4 atom stereocenters. The lowest BCUT2D eigenvalue weighted by atomic mass is 9.62. The van der Waals surface area contributed by atoms with Crippen LogP contribution in [0.3, 0.4) is 0 Å². The van der Waals surface area contributed by atoms with E-state index in [0.717, 1.165) is 33.4 Å². The molecule has 0 saturated heterocycles. The molecule has 18 heteroatoms. The number of carbonyl (C=O) groups is 2. The number of aliphatic carboxylic acids is 1. The van der Waals surface area contributed by atoms with Crippen LogP contribution >= 0.6 is 39.1 Å². The molecule has 0 aliphatic carbocycles. The number of carbonyl (C=O) groups excluding carboxylic acids is 1. The Morgan fingerprint density at radius 2 is 1.20 bits per heavy atom. The van der Waals surface area contributed by atoms with Crippen molar-refractivity contribution in [3.8, 4) is 22.3 Å². The van der Waals surface area contributed by atoms with Crippen LogP contribution in [0.25, 0.3) is 22.3 Å². The van der Waals surface area contributed by atoms with Crippen LogP contribution < -0.4 is 17.4 Å². The largest absolute Gasteiger partial charge is 0.519 e. The first-order valence-corrected chi connectivity index (χ1v) is 21.9. The summed E-state index contributed by atoms with van der Waals surface area (Å²) in [6.07, 6.45) is -1.11. The molecule has 64 heavy (non-hydrogen) atoms. The molecular weight excluding hydrogens is 936 g/mol. The zero-order valence-corrected chi connectivity index (χ0v) is 38.3. The van der Waals surface area contributed by atoms with Crippen LogP contribution in [0, 0.1) is 19.8 Å². The molecule has 2 aromatic heterocycles. The number of alkyl halides is 1. The van der Waals surface area contributed by atoms with Gasteiger partial charge in [0.05, 0.1) is 5.33 Å². The normalized spacial score (nSPS) is 12.7. The van der Waals surface area contributed by atoms with Gasteiger partial charge in [0.2, 0.25) is 0 Å². The third kappa shape index (κ3) is 17.1. The van der Waals surface area contributed by atoms with E-state index in [2.05, 4.69) is 29.2 Å². The fourth-order valence-corrected chi connectivity index (χ4v) is 7.39. The maximum absolute atomic E-state index is 12.0. The highest BCUT2D eigenvalue weighted by Crippen LogP contribution is 2.26. The van der Waals surface area contributed by atoms with Gasteiger partial charge < -0.3 is 48.5 Å². The Hall–Kier alpha value is -5.20. The Morgan fingerprint density at radius 3 is 1.61 bits per heavy atom. The van der Waals surface area contributed by atoms with Gasteiger partial charge in [0.1, 0.15) is 5.76 Å². The van der Waals surface area contributed by atoms with Crippen molar-refractivity contribution in [1.29, 1.82) is 0 Å². The van der Waals surface area contributed by atoms with Crippen molar-refractivity contribution in [2.75, 3.05) is 0 Å². The van der Waals surface area contributed by atoms with E-state index in [-0.39, 0.29) is 36.9 Å². The highest BCUT2D eigenvalue weighted by molar-refractivity contribution is 9.08. The molecule has 0 bridgehead atoms. The van der Waals surface area contributed by atoms with E-state index in [9.17, 15) is 34.4 Å². The average molecular weight is 986 g/mol. The third-order valence-corrected chi connectivity index (χ3v) is 10.7. The summed E-state index contributed by atoms with van der Waals surface area (Å²) in [6.45, 7) is 4.02. The number of carboxylic acid groups (broad SMARTS) is 1. The molecule has 4 aromatic carbocycles. The molecule has 6 N–H and O–H groups in total. The number of aryl methyl sites for hydroxylation is 2. The standard InChI is InChI=1S/C22H22ClNO6.C19H22BClO4.C5H5BrO3/c1-13-20(30-22(27)29-13)12-28-21(26)19(25)11-18(24)9-14-5-7-15(8-6-14)16-3-2-4-17(23)10-16;1-20(25)12-14(10-18(22)19(23)24)9-13-5-7-15(8-6-13)16-3-2-4-17(21)11-16;1-3-4(2-6)9-5(7)8-3/h2-8,10,18-19,25H,9,11-12,24H2,1H3;2-8,11,14,18,22,25H,9-10,12H2,1H3,(H,23,24);2H2,1H3/t18-,19-;14-,18-;/m11./s1. The number of benzene rings is 4. The molecule has 0 spiro atoms. The zero-order chi connectivity index (χ0) is 46.9. The highest BCUT2D eigenvalue weighted by atomic mass is 79.9. The summed E-state index contributed by atoms with van der Waals surface area (Å²) in [4.78, 5) is 44.1. The maximum Gasteiger partial charge on any atom is 0.519 e. The van der Waals surface area contributed by atoms with Crippen LogP contribution in [0.1, 0.15) is 47.0 Å². The summed E-state index contributed by atoms with van der Waals surface area (Å²) in [5.74, 6) is -2.27. The van der Waals surface area contributed by atoms with E-state index in [1.807, 2.05) is 97.1 Å². The minimum atomic E-state index is -1.41. The Bertz CT molecular complexity index is 2520. The monoisotopic (exact) mass is 983 g/mol. The minimum Gasteiger partial charge on any atom is -0.479 e. The molecule has 0 aliphatic heterocycles. The molecule has 0 amide bonds. The second-order valence-corrected chi connectivity index (χ2v) is 16.4. The van der Waals surface area contributed by atoms with Gasteiger partial charge in [0.15, 0.2) is 36.1 Å². The quantitative estimate of drug-likeness (QED) is 0.0329. The van der Waals surface area contributed by atoms with Gasteiger partial charge in [-0.15, -0.1) is 0 Å². The Labute approximate surface area is 387 Å². The Kier molecular flexibility index (Phi) is 20.4. The SMILES string of the molecule is CB(O)C[C@H](Cc1ccc(-c2cccc(Cl)c2)cc1)C[C@@H](O)C(=O)O.Cc1oc(=O)oc1CBr.Cc1oc(=O)oc1COC(=O)[C@H](O)C[C@H](N)Cc1ccc(-c2cccc(Cl)c2)cc1. The number of esters is 1. The van der Waals surface area contributed by atoms with E-state index in [4.69, 9.17) is 43.2 Å². The van der Waals surface area contributed by atoms with Gasteiger partial charge in [-0.25, -0.2) is 19.2 Å². The predicted molar refractivity (Wildman–Crippen MR) is 247 cm³/mol. The van der Waals surface area contributed by atoms with Gasteiger partial charge in [0.25, 0.3) is 6.92 Å². The predicted octanol–water partition coefficient (Wildman–Crippen LogP) is 8.28. The summed E-state index contributed by atoms with van der Waals surface area (Å²) in [6, 6.07) is 30.5. The first-order valence-electron chi connectivity index (χ1n) is 20.0. The number of hydrogen-bond acceptors (Lipinski definition) is 13. The minimum absolute atomic E-state index is 0.0309. The number of ether oxygens (including phenoxy) is 1. The Morgan fingerprint density at radius 1 is 0.719 bits per heavy atom. The molecule has 0 saturated carbocycles. The van der Waals surface area contributed by atoms with E-state index < -0.39 is 48.7 Å². The number of hydrogen-bond donors (Lipinski definition) is 5. The van der Waals surface area contributed by atoms with Crippen LogP contribution in [-0.4, -0.2) is 57.4 Å². The van der Waals surface area contributed by atoms with Crippen LogP contribution in [0.4, 0.5) is 0 Å². The molecule has 6 rings (SSSR count). The van der Waals surface area contributed by atoms with Crippen LogP contribution in [0.2, 0.25) is 23.2 Å². The number of aliphatic hydroxyl groups is 2. The number of rotatable bonds is 17. The summed E-state index contributed by atoms with van der Waals surface area (Å²) in [5, 5.41) is 40.1. The lowest BCUT2D eigenvalue weighted by Gasteiger charge is -2.19. The van der Waals surface area contributed by atoms with Crippen LogP contribution in [0.15, 0.2) is 124 Å². The smallest absolute Gasteiger partial charge is 0.479 e. The maximum atomic E-state index is 12.0. The van der Waals surface area contributed by atoms with Crippen molar-refractivity contribution >= 4 is 58.0 Å². The third-order valence-electron chi connectivity index (χ3n) is 9.70. The molecule has 6 aromatic rings. The van der Waals surface area contributed by atoms with Crippen molar-refractivity contribution in [1.82, 2.24) is 0 Å². The number of nitrogens with two attached hydrogens (primary N) is 1. The first-order chi connectivity index (χ1) is 30.4. The summed E-state index contributed by atoms with van der Waals surface area (Å²) in [5.41, 5.74) is 12.2. The van der Waals surface area contributed by atoms with Crippen molar-refractivity contribution in [3.05, 3.63) is 163 Å². The van der Waals surface area contributed by atoms with Gasteiger partial charge in [0, 0.05) is 16.1 Å². The number of carboxylic acids is 1. The van der Waals surface area contributed by atoms with Crippen molar-refractivity contribution in [2.45, 2.75) is 82.9 Å². The van der Waals surface area contributed by atoms with Crippen molar-refractivity contribution < 1.29 is 52.3 Å². The van der Waals surface area contributed by atoms with Gasteiger partial charge >= 0.3 is 23.6 Å². The number of halogens is 3. The summed E-state index contributed by atoms with van der Waals surface area (Å²) < 4.78 is 23.5. The molecule has 0 aliphatic rings. The van der Waals surface area contributed by atoms with Gasteiger partial charge in [-0.3, -0.25) is 0 Å². The fraction of sp³-hybridized carbons (Fsp3) is 0.304. The fourth-order valence-electron chi connectivity index (χ4n) is 6.50. The molecular formula is C46H49BBrCl2NO13. The van der Waals surface area contributed by atoms with Gasteiger partial charge in [-0.05, 0) is 109 Å². The molecule has 0 unspecified atom stereocenters. The van der Waals surface area contributed by atoms with Gasteiger partial charge in [-0.2, -0.15) is 0 Å². The molecule has 14 nitrogen and oxygen atoms in total. The molecule has 2 heterocycles. The van der Waals surface area contributed by atoms with Crippen molar-refractivity contribution in [2.24, 2.45) is 11.7 Å². The zero-order valence-electron chi connectivity index (χ0n) is 35.2. The summed E-state index contributed by atoms with van der Waals surface area (Å²) in [7, 11) is 0. The lowest BCUT2D eigenvalue weighted by Crippen LogP contribution is -2.33. The van der Waals surface area contributed by atoms with Crippen LogP contribution in [-0.2, 0) is 39.1 Å². The second-order valence-electron chi connectivity index (χ2n) is 15.0.